The Kier molecular flexibility index (Phi) is 4.46. The van der Waals surface area contributed by atoms with Crippen LogP contribution < -0.4 is 10.6 Å². The molecule has 1 aromatic heterocycles. The molecule has 1 aromatic carbocycles. The fraction of sp³-hybridized carbons (Fsp3) is 0.250. The molecule has 2 rings (SSSR count). The van der Waals surface area contributed by atoms with Gasteiger partial charge < -0.3 is 15.7 Å². The molecule has 0 fully saturated rings. The molecular weight excluding hydrogens is 280 g/mol. The van der Waals surface area contributed by atoms with E-state index in [4.69, 9.17) is 15.7 Å². The molecule has 0 atom stereocenters. The molecule has 0 radical (unpaired) electrons. The van der Waals surface area contributed by atoms with Gasteiger partial charge in [0.05, 0.1) is 12.9 Å². The predicted octanol–water partition coefficient (Wildman–Crippen LogP) is 0.768. The molecule has 2 aromatic rings. The van der Waals surface area contributed by atoms with Gasteiger partial charge in [0.2, 0.25) is 5.16 Å². The molecular formula is C12H14N4O3S. The average Bonchev–Trinajstić information content (AvgIpc) is 2.78. The van der Waals surface area contributed by atoms with Crippen LogP contribution in [0.2, 0.25) is 0 Å². The van der Waals surface area contributed by atoms with Gasteiger partial charge in [-0.3, -0.25) is 4.79 Å². The quantitative estimate of drug-likeness (QED) is 0.599. The number of hydrogen-bond donors (Lipinski definition) is 2. The van der Waals surface area contributed by atoms with Gasteiger partial charge in [-0.05, 0) is 17.7 Å². The number of ether oxygens (including phenoxy) is 1. The van der Waals surface area contributed by atoms with Crippen LogP contribution in [-0.4, -0.2) is 38.8 Å². The van der Waals surface area contributed by atoms with E-state index in [-0.39, 0.29) is 5.75 Å². The third-order valence-electron chi connectivity index (χ3n) is 2.58. The van der Waals surface area contributed by atoms with Gasteiger partial charge >= 0.3 is 5.97 Å². The smallest absolute Gasteiger partial charge is 0.313 e. The van der Waals surface area contributed by atoms with Crippen molar-refractivity contribution in [3.05, 3.63) is 35.7 Å². The fourth-order valence-corrected chi connectivity index (χ4v) is 2.17. The van der Waals surface area contributed by atoms with E-state index < -0.39 is 5.97 Å². The van der Waals surface area contributed by atoms with Crippen molar-refractivity contribution in [3.8, 4) is 5.75 Å². The summed E-state index contributed by atoms with van der Waals surface area (Å²) < 4.78 is 6.40. The normalized spacial score (nSPS) is 10.4. The first-order valence-corrected chi connectivity index (χ1v) is 6.75. The van der Waals surface area contributed by atoms with Crippen molar-refractivity contribution in [3.63, 3.8) is 0 Å². The summed E-state index contributed by atoms with van der Waals surface area (Å²) in [7, 11) is 1.61. The topological polar surface area (TPSA) is 103 Å². The number of nitrogens with zero attached hydrogens (tertiary/aromatic N) is 3. The van der Waals surface area contributed by atoms with Crippen LogP contribution in [0.15, 0.2) is 29.4 Å². The molecule has 0 bridgehead atoms. The number of benzene rings is 1. The maximum Gasteiger partial charge on any atom is 0.313 e. The summed E-state index contributed by atoms with van der Waals surface area (Å²) in [6.45, 7) is 0. The third-order valence-corrected chi connectivity index (χ3v) is 3.51. The number of carboxylic acids is 1. The first kappa shape index (κ1) is 14.2. The first-order chi connectivity index (χ1) is 9.60. The van der Waals surface area contributed by atoms with E-state index in [1.807, 2.05) is 24.3 Å². The lowest BCUT2D eigenvalue weighted by Gasteiger charge is -2.04. The first-order valence-electron chi connectivity index (χ1n) is 5.77. The Balaban J connectivity index is 2.07. The van der Waals surface area contributed by atoms with Crippen LogP contribution in [0.4, 0.5) is 0 Å². The van der Waals surface area contributed by atoms with Crippen molar-refractivity contribution >= 4 is 17.7 Å². The molecule has 0 unspecified atom stereocenters. The molecule has 0 spiro atoms. The van der Waals surface area contributed by atoms with Crippen LogP contribution >= 0.6 is 11.8 Å². The lowest BCUT2D eigenvalue weighted by molar-refractivity contribution is -0.133. The monoisotopic (exact) mass is 294 g/mol. The highest BCUT2D eigenvalue weighted by molar-refractivity contribution is 7.99. The number of nitrogens with two attached hydrogens (primary N) is 1. The molecule has 7 nitrogen and oxygen atoms in total. The summed E-state index contributed by atoms with van der Waals surface area (Å²) in [5.74, 6) is 6.18. The lowest BCUT2D eigenvalue weighted by Crippen LogP contribution is -2.15. The molecule has 106 valence electrons. The minimum Gasteiger partial charge on any atom is -0.497 e. The van der Waals surface area contributed by atoms with Crippen LogP contribution in [0.25, 0.3) is 0 Å². The van der Waals surface area contributed by atoms with Crippen molar-refractivity contribution in [2.45, 2.75) is 11.6 Å². The highest BCUT2D eigenvalue weighted by Gasteiger charge is 2.12. The molecule has 0 saturated carbocycles. The van der Waals surface area contributed by atoms with Crippen molar-refractivity contribution in [1.82, 2.24) is 14.9 Å². The average molecular weight is 294 g/mol. The maximum absolute atomic E-state index is 10.5. The number of carboxylic acid groups (broad SMARTS) is 1. The number of aromatic nitrogens is 3. The Labute approximate surface area is 119 Å². The molecule has 3 N–H and O–H groups in total. The summed E-state index contributed by atoms with van der Waals surface area (Å²) in [6.07, 6.45) is 0.515. The van der Waals surface area contributed by atoms with E-state index in [1.54, 1.807) is 7.11 Å². The summed E-state index contributed by atoms with van der Waals surface area (Å²) in [4.78, 5) is 10.5. The Bertz CT molecular complexity index is 597. The Morgan fingerprint density at radius 2 is 2.10 bits per heavy atom. The van der Waals surface area contributed by atoms with Crippen molar-refractivity contribution in [2.75, 3.05) is 18.7 Å². The predicted molar refractivity (Wildman–Crippen MR) is 74.3 cm³/mol. The minimum atomic E-state index is -0.922. The van der Waals surface area contributed by atoms with Gasteiger partial charge in [-0.1, -0.05) is 23.9 Å². The fourth-order valence-electron chi connectivity index (χ4n) is 1.58. The van der Waals surface area contributed by atoms with Crippen molar-refractivity contribution < 1.29 is 14.6 Å². The number of methoxy groups -OCH3 is 1. The Hall–Kier alpha value is -2.22. The van der Waals surface area contributed by atoms with E-state index >= 15 is 0 Å². The van der Waals surface area contributed by atoms with Crippen molar-refractivity contribution in [2.24, 2.45) is 0 Å². The molecule has 20 heavy (non-hydrogen) atoms. The highest BCUT2D eigenvalue weighted by atomic mass is 32.2. The van der Waals surface area contributed by atoms with E-state index in [0.29, 0.717) is 17.4 Å². The molecule has 0 amide bonds. The van der Waals surface area contributed by atoms with Crippen LogP contribution in [0.1, 0.15) is 11.4 Å². The second-order valence-corrected chi connectivity index (χ2v) is 4.92. The zero-order valence-corrected chi connectivity index (χ0v) is 11.6. The number of nitrogen functional groups attached to an aromatic ring is 1. The summed E-state index contributed by atoms with van der Waals surface area (Å²) in [5, 5.41) is 16.9. The molecule has 0 aliphatic heterocycles. The standard InChI is InChI=1S/C12H14N4O3S/c1-19-9-4-2-8(3-5-9)6-10-14-15-12(16(10)13)20-7-11(17)18/h2-5H,6-7,13H2,1H3,(H,17,18). The van der Waals surface area contributed by atoms with E-state index in [2.05, 4.69) is 10.2 Å². The van der Waals surface area contributed by atoms with E-state index in [1.165, 1.54) is 4.68 Å². The van der Waals surface area contributed by atoms with E-state index in [0.717, 1.165) is 23.1 Å². The van der Waals surface area contributed by atoms with Gasteiger partial charge in [-0.2, -0.15) is 0 Å². The van der Waals surface area contributed by atoms with Crippen LogP contribution in [0, 0.1) is 0 Å². The molecule has 8 heteroatoms. The van der Waals surface area contributed by atoms with E-state index in [9.17, 15) is 4.79 Å². The van der Waals surface area contributed by atoms with Gasteiger partial charge in [0, 0.05) is 6.42 Å². The number of aliphatic carboxylic acids is 1. The summed E-state index contributed by atoms with van der Waals surface area (Å²) in [6, 6.07) is 7.54. The Morgan fingerprint density at radius 3 is 2.70 bits per heavy atom. The number of rotatable bonds is 6. The van der Waals surface area contributed by atoms with Gasteiger partial charge in [0.15, 0.2) is 5.82 Å². The summed E-state index contributed by atoms with van der Waals surface area (Å²) in [5.41, 5.74) is 1.01. The lowest BCUT2D eigenvalue weighted by atomic mass is 10.1. The van der Waals surface area contributed by atoms with Gasteiger partial charge in [-0.25, -0.2) is 4.68 Å². The largest absolute Gasteiger partial charge is 0.497 e. The second kappa shape index (κ2) is 6.29. The molecule has 1 heterocycles. The zero-order chi connectivity index (χ0) is 14.5. The number of thioether (sulfide) groups is 1. The van der Waals surface area contributed by atoms with Gasteiger partial charge in [0.1, 0.15) is 5.75 Å². The SMILES string of the molecule is COc1ccc(Cc2nnc(SCC(=O)O)n2N)cc1. The number of carbonyl (C=O) groups is 1. The zero-order valence-electron chi connectivity index (χ0n) is 10.8. The maximum atomic E-state index is 10.5. The molecule has 0 aliphatic carbocycles. The minimum absolute atomic E-state index is 0.0993. The van der Waals surface area contributed by atoms with Gasteiger partial charge in [-0.15, -0.1) is 10.2 Å². The van der Waals surface area contributed by atoms with Gasteiger partial charge in [0.25, 0.3) is 0 Å². The Morgan fingerprint density at radius 1 is 1.40 bits per heavy atom. The number of hydrogen-bond acceptors (Lipinski definition) is 6. The summed E-state index contributed by atoms with van der Waals surface area (Å²) >= 11 is 1.04. The highest BCUT2D eigenvalue weighted by Crippen LogP contribution is 2.17. The van der Waals surface area contributed by atoms with Crippen LogP contribution in [0.5, 0.6) is 5.75 Å². The molecule has 0 aliphatic rings. The second-order valence-electron chi connectivity index (χ2n) is 3.98. The van der Waals surface area contributed by atoms with Crippen LogP contribution in [0.3, 0.4) is 0 Å². The van der Waals surface area contributed by atoms with Crippen molar-refractivity contribution in [1.29, 1.82) is 0 Å². The third kappa shape index (κ3) is 3.41. The van der Waals surface area contributed by atoms with Crippen LogP contribution in [-0.2, 0) is 11.2 Å². The molecule has 0 saturated heterocycles.